The summed E-state index contributed by atoms with van der Waals surface area (Å²) in [5, 5.41) is 20.5. The van der Waals surface area contributed by atoms with E-state index >= 15 is 0 Å². The van der Waals surface area contributed by atoms with E-state index in [0.717, 1.165) is 0 Å². The highest BCUT2D eigenvalue weighted by Gasteiger charge is 2.16. The normalized spacial score (nSPS) is 11.9. The molecule has 0 radical (unpaired) electrons. The summed E-state index contributed by atoms with van der Waals surface area (Å²) in [5.74, 6) is 0. The standard InChI is InChI=1S/C56H34/c1-6-16-46-35(11-1)21-26-43-33-54(49-19-9-10-20-50(49)55(43)46)44-31-39-13-3-5-15-45(39)52(34-44)41-24-22-38-30-42(25-23-37(38)29-41)53-32-40-14-4-8-18-48(40)56-47-17-7-2-12-36(47)27-28-51(53)56/h1-34H. The number of hydrogen-bond acceptors (Lipinski definition) is 0. The maximum atomic E-state index is 2.41. The van der Waals surface area contributed by atoms with Gasteiger partial charge in [0.2, 0.25) is 0 Å². The lowest BCUT2D eigenvalue weighted by molar-refractivity contribution is 1.65. The number of rotatable bonds is 3. The first kappa shape index (κ1) is 31.1. The fraction of sp³-hybridized carbons (Fsp3) is 0. The van der Waals surface area contributed by atoms with Gasteiger partial charge in [0.05, 0.1) is 0 Å². The zero-order chi connectivity index (χ0) is 36.7. The second kappa shape index (κ2) is 12.1. The van der Waals surface area contributed by atoms with Crippen molar-refractivity contribution in [2.45, 2.75) is 0 Å². The summed E-state index contributed by atoms with van der Waals surface area (Å²) in [6.07, 6.45) is 0. The average Bonchev–Trinajstić information content (AvgIpc) is 3.27. The van der Waals surface area contributed by atoms with Gasteiger partial charge in [-0.05, 0) is 156 Å². The quantitative estimate of drug-likeness (QED) is 0.160. The highest BCUT2D eigenvalue weighted by Crippen LogP contribution is 2.43. The Bertz CT molecular complexity index is 3570. The summed E-state index contributed by atoms with van der Waals surface area (Å²) in [7, 11) is 0. The minimum Gasteiger partial charge on any atom is -0.0616 e. The maximum absolute atomic E-state index is 2.41. The minimum absolute atomic E-state index is 1.22. The molecule has 0 saturated carbocycles. The number of fused-ring (bicyclic) bond motifs is 12. The molecule has 0 bridgehead atoms. The molecule has 0 fully saturated rings. The molecule has 0 saturated heterocycles. The van der Waals surface area contributed by atoms with Crippen molar-refractivity contribution in [3.8, 4) is 33.4 Å². The van der Waals surface area contributed by atoms with Gasteiger partial charge in [0.25, 0.3) is 0 Å². The third-order valence-corrected chi connectivity index (χ3v) is 12.1. The molecule has 0 nitrogen and oxygen atoms in total. The van der Waals surface area contributed by atoms with Gasteiger partial charge in [-0.2, -0.15) is 0 Å². The van der Waals surface area contributed by atoms with Crippen molar-refractivity contribution in [1.82, 2.24) is 0 Å². The first-order valence-corrected chi connectivity index (χ1v) is 19.5. The molecule has 0 aliphatic heterocycles. The lowest BCUT2D eigenvalue weighted by atomic mass is 9.87. The first-order chi connectivity index (χ1) is 27.7. The Labute approximate surface area is 324 Å². The van der Waals surface area contributed by atoms with Crippen LogP contribution in [-0.4, -0.2) is 0 Å². The van der Waals surface area contributed by atoms with Crippen molar-refractivity contribution in [3.63, 3.8) is 0 Å². The molecule has 0 aliphatic rings. The van der Waals surface area contributed by atoms with E-state index in [9.17, 15) is 0 Å². The smallest absolute Gasteiger partial charge is 0.00206 e. The van der Waals surface area contributed by atoms with Crippen LogP contribution in [0.25, 0.3) is 120 Å². The summed E-state index contributed by atoms with van der Waals surface area (Å²) in [6, 6.07) is 76.7. The lowest BCUT2D eigenvalue weighted by Gasteiger charge is -2.16. The van der Waals surface area contributed by atoms with Gasteiger partial charge in [0.15, 0.2) is 0 Å². The van der Waals surface area contributed by atoms with E-state index in [1.807, 2.05) is 0 Å². The first-order valence-electron chi connectivity index (χ1n) is 19.5. The Morgan fingerprint density at radius 3 is 1.27 bits per heavy atom. The molecule has 0 atom stereocenters. The minimum atomic E-state index is 1.22. The summed E-state index contributed by atoms with van der Waals surface area (Å²) in [4.78, 5) is 0. The van der Waals surface area contributed by atoms with Crippen LogP contribution in [-0.2, 0) is 0 Å². The van der Waals surface area contributed by atoms with Gasteiger partial charge in [0, 0.05) is 0 Å². The Kier molecular flexibility index (Phi) is 6.73. The fourth-order valence-electron chi connectivity index (χ4n) is 9.51. The molecule has 12 rings (SSSR count). The van der Waals surface area contributed by atoms with Crippen LogP contribution in [0, 0.1) is 0 Å². The maximum Gasteiger partial charge on any atom is -0.00206 e. The second-order valence-corrected chi connectivity index (χ2v) is 15.2. The fourth-order valence-corrected chi connectivity index (χ4v) is 9.51. The molecule has 0 N–H and O–H groups in total. The predicted molar refractivity (Wildman–Crippen MR) is 243 cm³/mol. The van der Waals surface area contributed by atoms with Crippen molar-refractivity contribution in [3.05, 3.63) is 206 Å². The Morgan fingerprint density at radius 2 is 0.589 bits per heavy atom. The van der Waals surface area contributed by atoms with Crippen molar-refractivity contribution in [2.24, 2.45) is 0 Å². The van der Waals surface area contributed by atoms with Crippen LogP contribution < -0.4 is 0 Å². The average molecular weight is 707 g/mol. The van der Waals surface area contributed by atoms with Gasteiger partial charge in [0.1, 0.15) is 0 Å². The Morgan fingerprint density at radius 1 is 0.179 bits per heavy atom. The van der Waals surface area contributed by atoms with Crippen LogP contribution in [0.5, 0.6) is 0 Å². The van der Waals surface area contributed by atoms with Crippen LogP contribution >= 0.6 is 0 Å². The van der Waals surface area contributed by atoms with Crippen LogP contribution in [0.3, 0.4) is 0 Å². The van der Waals surface area contributed by atoms with E-state index in [1.165, 1.54) is 120 Å². The van der Waals surface area contributed by atoms with Crippen molar-refractivity contribution in [2.75, 3.05) is 0 Å². The zero-order valence-electron chi connectivity index (χ0n) is 30.6. The summed E-state index contributed by atoms with van der Waals surface area (Å²) < 4.78 is 0. The molecular weight excluding hydrogens is 673 g/mol. The zero-order valence-corrected chi connectivity index (χ0v) is 30.6. The van der Waals surface area contributed by atoms with Crippen LogP contribution in [0.2, 0.25) is 0 Å². The van der Waals surface area contributed by atoms with Gasteiger partial charge in [-0.15, -0.1) is 0 Å². The molecule has 0 heteroatoms. The Balaban J connectivity index is 1.03. The SMILES string of the molecule is c1ccc2c(-c3ccc4cc(-c5cc6ccccc6c6c5ccc5ccccc56)ccc4c3)cc(-c3cc4ccc5ccccc5c4c4ccccc34)cc2c1. The number of benzene rings is 12. The van der Waals surface area contributed by atoms with E-state index in [2.05, 4.69) is 206 Å². The molecule has 12 aromatic rings. The lowest BCUT2D eigenvalue weighted by Crippen LogP contribution is -1.89. The molecular formula is C56H34. The molecule has 12 aromatic carbocycles. The van der Waals surface area contributed by atoms with Gasteiger partial charge in [-0.3, -0.25) is 0 Å². The van der Waals surface area contributed by atoms with Crippen LogP contribution in [0.1, 0.15) is 0 Å². The van der Waals surface area contributed by atoms with E-state index in [1.54, 1.807) is 0 Å². The van der Waals surface area contributed by atoms with Crippen molar-refractivity contribution < 1.29 is 0 Å². The molecule has 0 amide bonds. The van der Waals surface area contributed by atoms with Gasteiger partial charge in [-0.25, -0.2) is 0 Å². The predicted octanol–water partition coefficient (Wildman–Crippen LogP) is 15.9. The van der Waals surface area contributed by atoms with Gasteiger partial charge >= 0.3 is 0 Å². The van der Waals surface area contributed by atoms with Gasteiger partial charge in [-0.1, -0.05) is 170 Å². The van der Waals surface area contributed by atoms with E-state index in [4.69, 9.17) is 0 Å². The highest BCUT2D eigenvalue weighted by molar-refractivity contribution is 6.25. The monoisotopic (exact) mass is 706 g/mol. The topological polar surface area (TPSA) is 0 Å². The molecule has 56 heavy (non-hydrogen) atoms. The Hall–Kier alpha value is -7.28. The summed E-state index contributed by atoms with van der Waals surface area (Å²) in [6.45, 7) is 0. The molecule has 0 aliphatic carbocycles. The van der Waals surface area contributed by atoms with Crippen LogP contribution in [0.15, 0.2) is 206 Å². The van der Waals surface area contributed by atoms with Crippen molar-refractivity contribution in [1.29, 1.82) is 0 Å². The van der Waals surface area contributed by atoms with E-state index in [0.29, 0.717) is 0 Å². The molecule has 258 valence electrons. The van der Waals surface area contributed by atoms with Crippen LogP contribution in [0.4, 0.5) is 0 Å². The van der Waals surface area contributed by atoms with E-state index in [-0.39, 0.29) is 0 Å². The third-order valence-electron chi connectivity index (χ3n) is 12.1. The molecule has 0 heterocycles. The summed E-state index contributed by atoms with van der Waals surface area (Å²) >= 11 is 0. The van der Waals surface area contributed by atoms with Gasteiger partial charge < -0.3 is 0 Å². The van der Waals surface area contributed by atoms with E-state index < -0.39 is 0 Å². The van der Waals surface area contributed by atoms with Crippen molar-refractivity contribution >= 4 is 86.2 Å². The largest absolute Gasteiger partial charge is 0.0616 e. The molecule has 0 aromatic heterocycles. The molecule has 0 unspecified atom stereocenters. The third kappa shape index (κ3) is 4.73. The number of hydrogen-bond donors (Lipinski definition) is 0. The second-order valence-electron chi connectivity index (χ2n) is 15.2. The summed E-state index contributed by atoms with van der Waals surface area (Å²) in [5.41, 5.74) is 7.47. The molecule has 0 spiro atoms. The highest BCUT2D eigenvalue weighted by atomic mass is 14.2.